The number of benzene rings is 2. The molecule has 364 valence electrons. The van der Waals surface area contributed by atoms with Crippen molar-refractivity contribution in [1.29, 1.82) is 0 Å². The van der Waals surface area contributed by atoms with Crippen molar-refractivity contribution in [2.45, 2.75) is 245 Å². The van der Waals surface area contributed by atoms with Gasteiger partial charge in [0.1, 0.15) is 12.2 Å². The van der Waals surface area contributed by atoms with Gasteiger partial charge in [0.15, 0.2) is 0 Å². The van der Waals surface area contributed by atoms with Crippen LogP contribution in [0.3, 0.4) is 0 Å². The van der Waals surface area contributed by atoms with E-state index in [0.29, 0.717) is 26.1 Å². The van der Waals surface area contributed by atoms with Crippen molar-refractivity contribution in [3.8, 4) is 0 Å². The summed E-state index contributed by atoms with van der Waals surface area (Å²) in [5, 5.41) is 20.8. The van der Waals surface area contributed by atoms with E-state index in [-0.39, 0.29) is 98.1 Å². The normalized spacial score (nSPS) is 12.7. The summed E-state index contributed by atoms with van der Waals surface area (Å²) in [5.41, 5.74) is 2.40. The fraction of sp³-hybridized carbons (Fsp3) is 0.704. The Labute approximate surface area is 434 Å². The maximum atomic E-state index is 11.5. The fourth-order valence-corrected chi connectivity index (χ4v) is 7.90. The molecule has 65 heavy (non-hydrogen) atoms. The number of hydrogen-bond acceptors (Lipinski definition) is 10. The number of carboxylic acid groups (broad SMARTS) is 2. The molecule has 2 aromatic carbocycles. The van der Waals surface area contributed by atoms with Crippen molar-refractivity contribution in [1.82, 2.24) is 0 Å². The van der Waals surface area contributed by atoms with Crippen molar-refractivity contribution in [2.75, 3.05) is 0 Å². The SMILES string of the molecule is CCCCC(CCCC(CCCCCCCCC(=O)[O-])OC(C)=O)OCc1ccccc1.CCCCC(CCCC(CCCCCCCCC(=O)[O-])OC(C)=O)OCc1ccccc1.[Ba+2]. The number of aliphatic carboxylic acids is 2. The van der Waals surface area contributed by atoms with Gasteiger partial charge in [-0.15, -0.1) is 0 Å². The van der Waals surface area contributed by atoms with E-state index in [0.717, 1.165) is 154 Å². The average molecular weight is 1030 g/mol. The van der Waals surface area contributed by atoms with Crippen LogP contribution in [0.15, 0.2) is 60.7 Å². The average Bonchev–Trinajstić information content (AvgIpc) is 3.27. The Balaban J connectivity index is 0.00000124. The van der Waals surface area contributed by atoms with Gasteiger partial charge in [-0.2, -0.15) is 0 Å². The standard InChI is InChI=1S/2C27H44O5.Ba/c2*1-3-4-17-25(31-22-24-15-10-9-11-16-24)19-14-20-26(32-23(2)28)18-12-7-5-6-8-13-21-27(29)30;/h2*9-11,15-16,25-26H,3-8,12-14,17-22H2,1-2H3,(H,29,30);/q;;+2/p-2. The Morgan fingerprint density at radius 3 is 1.03 bits per heavy atom. The van der Waals surface area contributed by atoms with Crippen LogP contribution in [-0.2, 0) is 51.3 Å². The summed E-state index contributed by atoms with van der Waals surface area (Å²) in [5.74, 6) is -2.34. The van der Waals surface area contributed by atoms with Gasteiger partial charge >= 0.3 is 60.8 Å². The molecule has 0 aliphatic heterocycles. The van der Waals surface area contributed by atoms with Crippen molar-refractivity contribution in [3.63, 3.8) is 0 Å². The molecule has 2 rings (SSSR count). The molecular formula is C54H86BaO10. The quantitative estimate of drug-likeness (QED) is 0.0358. The first-order valence-corrected chi connectivity index (χ1v) is 25.1. The van der Waals surface area contributed by atoms with Gasteiger partial charge in [0, 0.05) is 25.8 Å². The van der Waals surface area contributed by atoms with Crippen molar-refractivity contribution in [3.05, 3.63) is 71.8 Å². The second-order valence-electron chi connectivity index (χ2n) is 17.5. The van der Waals surface area contributed by atoms with E-state index >= 15 is 0 Å². The zero-order valence-corrected chi connectivity index (χ0v) is 45.5. The third-order valence-electron chi connectivity index (χ3n) is 11.5. The number of rotatable bonds is 40. The van der Waals surface area contributed by atoms with Crippen LogP contribution < -0.4 is 10.2 Å². The first kappa shape index (κ1) is 62.8. The van der Waals surface area contributed by atoms with Gasteiger partial charge in [-0.3, -0.25) is 9.59 Å². The van der Waals surface area contributed by atoms with Crippen LogP contribution in [-0.4, -0.2) is 97.2 Å². The molecule has 0 bridgehead atoms. The number of hydrogen-bond donors (Lipinski definition) is 0. The molecule has 0 aliphatic rings. The molecule has 0 heterocycles. The van der Waals surface area contributed by atoms with E-state index in [1.165, 1.54) is 25.0 Å². The zero-order valence-electron chi connectivity index (χ0n) is 41.1. The Kier molecular flexibility index (Phi) is 42.8. The smallest absolute Gasteiger partial charge is 0.550 e. The molecule has 10 nitrogen and oxygen atoms in total. The van der Waals surface area contributed by atoms with Crippen LogP contribution in [0.25, 0.3) is 0 Å². The largest absolute Gasteiger partial charge is 2.00 e. The summed E-state index contributed by atoms with van der Waals surface area (Å²) >= 11 is 0. The van der Waals surface area contributed by atoms with Crippen LogP contribution in [0.1, 0.15) is 219 Å². The summed E-state index contributed by atoms with van der Waals surface area (Å²) in [6, 6.07) is 20.6. The third-order valence-corrected chi connectivity index (χ3v) is 11.5. The first-order chi connectivity index (χ1) is 31.0. The molecule has 0 radical (unpaired) electrons. The van der Waals surface area contributed by atoms with Crippen LogP contribution in [0.2, 0.25) is 0 Å². The second kappa shape index (κ2) is 44.3. The summed E-state index contributed by atoms with van der Waals surface area (Å²) < 4.78 is 23.5. The molecule has 4 unspecified atom stereocenters. The van der Waals surface area contributed by atoms with Crippen molar-refractivity contribution in [2.24, 2.45) is 0 Å². The molecular weight excluding hydrogens is 946 g/mol. The number of carbonyl (C=O) groups is 4. The number of ether oxygens (including phenoxy) is 4. The maximum absolute atomic E-state index is 11.5. The van der Waals surface area contributed by atoms with Gasteiger partial charge in [0.2, 0.25) is 0 Å². The molecule has 2 aromatic rings. The van der Waals surface area contributed by atoms with Crippen LogP contribution in [0.5, 0.6) is 0 Å². The summed E-state index contributed by atoms with van der Waals surface area (Å²) in [6.45, 7) is 8.66. The van der Waals surface area contributed by atoms with Crippen molar-refractivity contribution >= 4 is 72.8 Å². The molecule has 0 saturated carbocycles. The summed E-state index contributed by atoms with van der Waals surface area (Å²) in [6.07, 6.45) is 26.8. The predicted molar refractivity (Wildman–Crippen MR) is 258 cm³/mol. The minimum atomic E-state index is -0.961. The van der Waals surface area contributed by atoms with E-state index in [4.69, 9.17) is 18.9 Å². The van der Waals surface area contributed by atoms with Crippen LogP contribution in [0, 0.1) is 0 Å². The van der Waals surface area contributed by atoms with E-state index < -0.39 is 11.9 Å². The molecule has 0 amide bonds. The van der Waals surface area contributed by atoms with Gasteiger partial charge in [0.05, 0.1) is 25.4 Å². The Morgan fingerprint density at radius 2 is 0.708 bits per heavy atom. The minimum absolute atomic E-state index is 0. The van der Waals surface area contributed by atoms with E-state index in [2.05, 4.69) is 38.1 Å². The second-order valence-corrected chi connectivity index (χ2v) is 17.5. The predicted octanol–water partition coefficient (Wildman–Crippen LogP) is 11.1. The topological polar surface area (TPSA) is 151 Å². The molecule has 0 aromatic heterocycles. The molecule has 0 N–H and O–H groups in total. The summed E-state index contributed by atoms with van der Waals surface area (Å²) in [7, 11) is 0. The Bertz CT molecular complexity index is 1320. The first-order valence-electron chi connectivity index (χ1n) is 25.1. The number of esters is 2. The van der Waals surface area contributed by atoms with Crippen LogP contribution in [0.4, 0.5) is 0 Å². The Hall–Kier alpha value is -2.19. The van der Waals surface area contributed by atoms with Gasteiger partial charge in [-0.25, -0.2) is 0 Å². The number of unbranched alkanes of at least 4 members (excludes halogenated alkanes) is 12. The van der Waals surface area contributed by atoms with E-state index in [9.17, 15) is 29.4 Å². The Morgan fingerprint density at radius 1 is 0.415 bits per heavy atom. The minimum Gasteiger partial charge on any atom is -0.550 e. The van der Waals surface area contributed by atoms with Crippen molar-refractivity contribution < 1.29 is 48.3 Å². The molecule has 4 atom stereocenters. The number of carboxylic acids is 2. The molecule has 0 fully saturated rings. The summed E-state index contributed by atoms with van der Waals surface area (Å²) in [4.78, 5) is 43.9. The fourth-order valence-electron chi connectivity index (χ4n) is 7.90. The molecule has 0 saturated heterocycles. The van der Waals surface area contributed by atoms with E-state index in [1.807, 2.05) is 36.4 Å². The zero-order chi connectivity index (χ0) is 46.9. The monoisotopic (exact) mass is 1030 g/mol. The third kappa shape index (κ3) is 40.6. The van der Waals surface area contributed by atoms with E-state index in [1.54, 1.807) is 0 Å². The maximum Gasteiger partial charge on any atom is 2.00 e. The van der Waals surface area contributed by atoms with Gasteiger partial charge in [-0.1, -0.05) is 152 Å². The molecule has 0 spiro atoms. The van der Waals surface area contributed by atoms with Gasteiger partial charge < -0.3 is 38.7 Å². The molecule has 11 heteroatoms. The van der Waals surface area contributed by atoms with Gasteiger partial charge in [-0.05, 0) is 114 Å². The van der Waals surface area contributed by atoms with Gasteiger partial charge in [0.25, 0.3) is 0 Å². The van der Waals surface area contributed by atoms with Crippen LogP contribution >= 0.6 is 0 Å². The molecule has 0 aliphatic carbocycles. The number of carbonyl (C=O) groups excluding carboxylic acids is 4.